The maximum atomic E-state index is 14.1. The molecular formula is C26H25ClN4O3S2. The van der Waals surface area contributed by atoms with Crippen molar-refractivity contribution in [3.8, 4) is 0 Å². The fourth-order valence-corrected chi connectivity index (χ4v) is 7.37. The molecule has 7 nitrogen and oxygen atoms in total. The molecule has 1 unspecified atom stereocenters. The number of benzene rings is 2. The minimum absolute atomic E-state index is 0.119. The molecular weight excluding hydrogens is 516 g/mol. The smallest absolute Gasteiger partial charge is 0.247 e. The Kier molecular flexibility index (Phi) is 6.82. The zero-order chi connectivity index (χ0) is 25.4. The van der Waals surface area contributed by atoms with E-state index in [2.05, 4.69) is 11.1 Å². The van der Waals surface area contributed by atoms with Gasteiger partial charge in [-0.25, -0.2) is 13.4 Å². The molecule has 2 aromatic carbocycles. The SMILES string of the molecule is Cc1cc(C)c2sc(N(Cc3ccccn3)C(=O)C3CCCN3S(=O)(=O)c3ccc(Cl)cc3)nc2c1. The van der Waals surface area contributed by atoms with E-state index in [0.717, 1.165) is 21.3 Å². The number of carbonyl (C=O) groups excluding carboxylic acids is 1. The minimum atomic E-state index is -3.88. The van der Waals surface area contributed by atoms with Crippen molar-refractivity contribution in [2.45, 2.75) is 44.2 Å². The van der Waals surface area contributed by atoms with E-state index in [4.69, 9.17) is 16.6 Å². The number of amides is 1. The van der Waals surface area contributed by atoms with Gasteiger partial charge in [0, 0.05) is 17.8 Å². The van der Waals surface area contributed by atoms with E-state index in [-0.39, 0.29) is 23.9 Å². The highest BCUT2D eigenvalue weighted by Crippen LogP contribution is 2.35. The van der Waals surface area contributed by atoms with E-state index in [1.54, 1.807) is 23.2 Å². The van der Waals surface area contributed by atoms with Gasteiger partial charge in [0.15, 0.2) is 5.13 Å². The average Bonchev–Trinajstić information content (AvgIpc) is 3.51. The zero-order valence-electron chi connectivity index (χ0n) is 19.9. The van der Waals surface area contributed by atoms with Crippen molar-refractivity contribution in [2.24, 2.45) is 0 Å². The number of hydrogen-bond acceptors (Lipinski definition) is 6. The predicted molar refractivity (Wildman–Crippen MR) is 143 cm³/mol. The number of fused-ring (bicyclic) bond motifs is 1. The first kappa shape index (κ1) is 24.8. The molecule has 1 aliphatic rings. The maximum absolute atomic E-state index is 14.1. The largest absolute Gasteiger partial charge is 0.281 e. The van der Waals surface area contributed by atoms with Crippen LogP contribution in [0, 0.1) is 13.8 Å². The van der Waals surface area contributed by atoms with Gasteiger partial charge in [0.2, 0.25) is 15.9 Å². The first-order chi connectivity index (χ1) is 17.2. The molecule has 1 fully saturated rings. The molecule has 186 valence electrons. The van der Waals surface area contributed by atoms with E-state index < -0.39 is 16.1 Å². The Morgan fingerprint density at radius 3 is 2.67 bits per heavy atom. The van der Waals surface area contributed by atoms with Crippen LogP contribution in [0.4, 0.5) is 5.13 Å². The van der Waals surface area contributed by atoms with Crippen LogP contribution in [0.15, 0.2) is 65.7 Å². The number of pyridine rings is 1. The molecule has 1 atom stereocenters. The van der Waals surface area contributed by atoms with Crippen molar-refractivity contribution in [2.75, 3.05) is 11.4 Å². The lowest BCUT2D eigenvalue weighted by Gasteiger charge is -2.28. The highest BCUT2D eigenvalue weighted by molar-refractivity contribution is 7.89. The van der Waals surface area contributed by atoms with E-state index in [0.29, 0.717) is 28.7 Å². The van der Waals surface area contributed by atoms with Crippen LogP contribution in [-0.2, 0) is 21.4 Å². The van der Waals surface area contributed by atoms with Crippen LogP contribution < -0.4 is 4.90 Å². The molecule has 36 heavy (non-hydrogen) atoms. The second kappa shape index (κ2) is 9.89. The molecule has 0 saturated carbocycles. The number of anilines is 1. The summed E-state index contributed by atoms with van der Waals surface area (Å²) in [6.07, 6.45) is 2.71. The number of carbonyl (C=O) groups is 1. The highest BCUT2D eigenvalue weighted by Gasteiger charge is 2.42. The molecule has 3 heterocycles. The summed E-state index contributed by atoms with van der Waals surface area (Å²) in [5, 5.41) is 0.982. The van der Waals surface area contributed by atoms with Gasteiger partial charge in [-0.1, -0.05) is 35.1 Å². The van der Waals surface area contributed by atoms with Gasteiger partial charge in [-0.05, 0) is 80.3 Å². The van der Waals surface area contributed by atoms with Crippen molar-refractivity contribution in [3.05, 3.63) is 82.6 Å². The molecule has 10 heteroatoms. The van der Waals surface area contributed by atoms with Gasteiger partial charge in [-0.2, -0.15) is 4.31 Å². The molecule has 0 N–H and O–H groups in total. The number of halogens is 1. The third-order valence-corrected chi connectivity index (χ3v) is 9.66. The van der Waals surface area contributed by atoms with Crippen molar-refractivity contribution >= 4 is 54.2 Å². The number of sulfonamides is 1. The number of thiazole rings is 1. The van der Waals surface area contributed by atoms with Crippen LogP contribution in [0.2, 0.25) is 5.02 Å². The molecule has 0 bridgehead atoms. The van der Waals surface area contributed by atoms with Gasteiger partial charge in [-0.15, -0.1) is 0 Å². The topological polar surface area (TPSA) is 83.5 Å². The third-order valence-electron chi connectivity index (χ3n) is 6.26. The summed E-state index contributed by atoms with van der Waals surface area (Å²) in [6.45, 7) is 4.51. The highest BCUT2D eigenvalue weighted by atomic mass is 35.5. The number of hydrogen-bond donors (Lipinski definition) is 0. The molecule has 0 radical (unpaired) electrons. The van der Waals surface area contributed by atoms with Gasteiger partial charge in [0.1, 0.15) is 6.04 Å². The number of rotatable bonds is 6. The molecule has 1 aliphatic heterocycles. The summed E-state index contributed by atoms with van der Waals surface area (Å²) in [5.74, 6) is -0.302. The van der Waals surface area contributed by atoms with Crippen LogP contribution in [0.25, 0.3) is 10.2 Å². The van der Waals surface area contributed by atoms with Crippen LogP contribution in [-0.4, -0.2) is 41.2 Å². The van der Waals surface area contributed by atoms with Gasteiger partial charge < -0.3 is 0 Å². The Morgan fingerprint density at radius 2 is 1.94 bits per heavy atom. The monoisotopic (exact) mass is 540 g/mol. The molecule has 1 saturated heterocycles. The van der Waals surface area contributed by atoms with Gasteiger partial charge in [0.05, 0.1) is 27.4 Å². The van der Waals surface area contributed by atoms with Crippen LogP contribution in [0.1, 0.15) is 29.7 Å². The summed E-state index contributed by atoms with van der Waals surface area (Å²) in [5.41, 5.74) is 3.70. The quantitative estimate of drug-likeness (QED) is 0.329. The zero-order valence-corrected chi connectivity index (χ0v) is 22.3. The number of aromatic nitrogens is 2. The second-order valence-corrected chi connectivity index (χ2v) is 12.2. The Balaban J connectivity index is 1.54. The number of nitrogens with zero attached hydrogens (tertiary/aromatic N) is 4. The van der Waals surface area contributed by atoms with Gasteiger partial charge in [-0.3, -0.25) is 14.7 Å². The van der Waals surface area contributed by atoms with E-state index in [9.17, 15) is 13.2 Å². The lowest BCUT2D eigenvalue weighted by molar-refractivity contribution is -0.121. The van der Waals surface area contributed by atoms with Crippen LogP contribution in [0.3, 0.4) is 0 Å². The maximum Gasteiger partial charge on any atom is 0.247 e. The molecule has 0 aliphatic carbocycles. The Bertz CT molecular complexity index is 1520. The van der Waals surface area contributed by atoms with Crippen molar-refractivity contribution in [3.63, 3.8) is 0 Å². The van der Waals surface area contributed by atoms with E-state index in [1.807, 2.05) is 38.1 Å². The molecule has 0 spiro atoms. The van der Waals surface area contributed by atoms with Crippen molar-refractivity contribution in [1.82, 2.24) is 14.3 Å². The summed E-state index contributed by atoms with van der Waals surface area (Å²) >= 11 is 7.40. The van der Waals surface area contributed by atoms with E-state index in [1.165, 1.54) is 27.8 Å². The summed E-state index contributed by atoms with van der Waals surface area (Å²) in [6, 6.07) is 14.8. The summed E-state index contributed by atoms with van der Waals surface area (Å²) in [7, 11) is -3.88. The summed E-state index contributed by atoms with van der Waals surface area (Å²) < 4.78 is 29.3. The Hall–Kier alpha value is -2.85. The standard InChI is InChI=1S/C26H25ClN4O3S2/c1-17-14-18(2)24-22(15-17)29-26(35-24)30(16-20-6-3-4-12-28-20)25(32)23-7-5-13-31(23)36(33,34)21-10-8-19(27)9-11-21/h3-4,6,8-12,14-15,23H,5,7,13,16H2,1-2H3. The predicted octanol–water partition coefficient (Wildman–Crippen LogP) is 5.35. The normalized spacial score (nSPS) is 16.5. The average molecular weight is 541 g/mol. The van der Waals surface area contributed by atoms with Gasteiger partial charge in [0.25, 0.3) is 0 Å². The van der Waals surface area contributed by atoms with Crippen LogP contribution in [0.5, 0.6) is 0 Å². The third kappa shape index (κ3) is 4.76. The van der Waals surface area contributed by atoms with Crippen molar-refractivity contribution < 1.29 is 13.2 Å². The van der Waals surface area contributed by atoms with Crippen LogP contribution >= 0.6 is 22.9 Å². The molecule has 5 rings (SSSR count). The Labute approximate surface area is 219 Å². The van der Waals surface area contributed by atoms with E-state index >= 15 is 0 Å². The summed E-state index contributed by atoms with van der Waals surface area (Å²) in [4.78, 5) is 25.0. The molecule has 2 aromatic heterocycles. The minimum Gasteiger partial charge on any atom is -0.281 e. The van der Waals surface area contributed by atoms with Gasteiger partial charge >= 0.3 is 0 Å². The first-order valence-electron chi connectivity index (χ1n) is 11.6. The number of aryl methyl sites for hydroxylation is 2. The fourth-order valence-electron chi connectivity index (χ4n) is 4.57. The molecule has 4 aromatic rings. The molecule has 1 amide bonds. The lowest BCUT2D eigenvalue weighted by atomic mass is 10.1. The first-order valence-corrected chi connectivity index (χ1v) is 14.2. The lowest BCUT2D eigenvalue weighted by Crippen LogP contribution is -2.47. The second-order valence-electron chi connectivity index (χ2n) is 8.90. The Morgan fingerprint density at radius 1 is 1.17 bits per heavy atom. The fraction of sp³-hybridized carbons (Fsp3) is 0.269. The van der Waals surface area contributed by atoms with Crippen molar-refractivity contribution in [1.29, 1.82) is 0 Å².